The summed E-state index contributed by atoms with van der Waals surface area (Å²) in [5, 5.41) is 24.8. The molecule has 0 saturated carbocycles. The Bertz CT molecular complexity index is 1460. The van der Waals surface area contributed by atoms with Gasteiger partial charge in [0, 0.05) is 30.2 Å². The number of tetrazole rings is 1. The van der Waals surface area contributed by atoms with Crippen molar-refractivity contribution in [1.29, 1.82) is 0 Å². The number of pyridine rings is 2. The van der Waals surface area contributed by atoms with Crippen molar-refractivity contribution in [2.45, 2.75) is 17.1 Å². The van der Waals surface area contributed by atoms with E-state index in [0.717, 1.165) is 16.5 Å². The van der Waals surface area contributed by atoms with E-state index in [1.807, 2.05) is 12.1 Å². The molecule has 35 heavy (non-hydrogen) atoms. The van der Waals surface area contributed by atoms with Gasteiger partial charge in [0.2, 0.25) is 5.82 Å². The van der Waals surface area contributed by atoms with Crippen LogP contribution in [0.3, 0.4) is 0 Å². The van der Waals surface area contributed by atoms with Crippen LogP contribution in [0.5, 0.6) is 0 Å². The quantitative estimate of drug-likeness (QED) is 0.249. The molecule has 1 fully saturated rings. The summed E-state index contributed by atoms with van der Waals surface area (Å²) in [6.45, 7) is 2.67. The molecule has 12 nitrogen and oxygen atoms in total. The normalized spacial score (nSPS) is 13.0. The van der Waals surface area contributed by atoms with Gasteiger partial charge in [0.15, 0.2) is 15.5 Å². The fraction of sp³-hybridized carbons (Fsp3) is 0.227. The maximum absolute atomic E-state index is 13.1. The molecular weight excluding hydrogens is 470 g/mol. The number of rotatable bonds is 4. The molecule has 1 aliphatic rings. The highest BCUT2D eigenvalue weighted by Gasteiger charge is 2.35. The molecule has 1 aliphatic heterocycles. The van der Waals surface area contributed by atoms with Crippen LogP contribution in [0, 0.1) is 19.5 Å². The van der Waals surface area contributed by atoms with E-state index >= 15 is 0 Å². The number of nitrogen functional groups attached to an aromatic ring is 1. The van der Waals surface area contributed by atoms with Crippen molar-refractivity contribution < 1.29 is 13.5 Å². The topological polar surface area (TPSA) is 199 Å². The molecule has 7 N–H and O–H groups in total. The zero-order valence-electron chi connectivity index (χ0n) is 19.1. The Morgan fingerprint density at radius 3 is 2.46 bits per heavy atom. The second kappa shape index (κ2) is 10.9. The maximum Gasteiger partial charge on any atom is 0.205 e. The Hall–Kier alpha value is -4.12. The van der Waals surface area contributed by atoms with Gasteiger partial charge >= 0.3 is 0 Å². The molecule has 5 rings (SSSR count). The smallest absolute Gasteiger partial charge is 0.205 e. The summed E-state index contributed by atoms with van der Waals surface area (Å²) in [6.07, 6.45) is 7.05. The number of nitrogens with one attached hydrogen (secondary N) is 2. The third-order valence-electron chi connectivity index (χ3n) is 5.39. The van der Waals surface area contributed by atoms with E-state index in [1.165, 1.54) is 13.2 Å². The van der Waals surface area contributed by atoms with Gasteiger partial charge in [-0.15, -0.1) is 10.2 Å². The SMILES string of the molecule is C#CO.CN.Cc1c(S(=O)(=O)C2CNC2)ccc(-c2ccnc3nc(N)ccc23)c1-c1nn[nH]n1. The van der Waals surface area contributed by atoms with E-state index in [0.29, 0.717) is 41.5 Å². The van der Waals surface area contributed by atoms with Crippen LogP contribution in [0.15, 0.2) is 41.4 Å². The summed E-state index contributed by atoms with van der Waals surface area (Å²) in [5.74, 6) is 0.692. The molecule has 0 amide bonds. The first kappa shape index (κ1) is 25.5. The number of sulfone groups is 1. The molecule has 13 heteroatoms. The number of terminal acetylenes is 1. The molecule has 4 aromatic rings. The second-order valence-electron chi connectivity index (χ2n) is 7.27. The third-order valence-corrected chi connectivity index (χ3v) is 7.65. The first-order valence-corrected chi connectivity index (χ1v) is 11.9. The lowest BCUT2D eigenvalue weighted by molar-refractivity contribution is 0.495. The van der Waals surface area contributed by atoms with Crippen LogP contribution in [0.4, 0.5) is 5.82 Å². The van der Waals surface area contributed by atoms with E-state index in [9.17, 15) is 8.42 Å². The van der Waals surface area contributed by atoms with Crippen molar-refractivity contribution >= 4 is 26.7 Å². The van der Waals surface area contributed by atoms with Crippen molar-refractivity contribution in [3.8, 4) is 35.0 Å². The summed E-state index contributed by atoms with van der Waals surface area (Å²) >= 11 is 0. The maximum atomic E-state index is 13.1. The molecule has 1 aromatic carbocycles. The Kier molecular flexibility index (Phi) is 7.92. The lowest BCUT2D eigenvalue weighted by Crippen LogP contribution is -2.51. The van der Waals surface area contributed by atoms with Crippen LogP contribution in [0.25, 0.3) is 33.5 Å². The number of aliphatic hydroxyl groups is 1. The van der Waals surface area contributed by atoms with Crippen molar-refractivity contribution in [3.63, 3.8) is 0 Å². The van der Waals surface area contributed by atoms with Gasteiger partial charge in [-0.25, -0.2) is 18.4 Å². The van der Waals surface area contributed by atoms with Crippen molar-refractivity contribution in [1.82, 2.24) is 35.9 Å². The van der Waals surface area contributed by atoms with E-state index in [2.05, 4.69) is 48.1 Å². The number of fused-ring (bicyclic) bond motifs is 1. The number of H-pyrrole nitrogens is 1. The van der Waals surface area contributed by atoms with Crippen molar-refractivity contribution in [2.24, 2.45) is 5.73 Å². The number of hydrogen-bond donors (Lipinski definition) is 5. The van der Waals surface area contributed by atoms with E-state index < -0.39 is 15.1 Å². The molecule has 182 valence electrons. The summed E-state index contributed by atoms with van der Waals surface area (Å²) in [5.41, 5.74) is 13.6. The van der Waals surface area contributed by atoms with E-state index in [-0.39, 0.29) is 4.90 Å². The number of aromatic nitrogens is 6. The zero-order valence-corrected chi connectivity index (χ0v) is 19.9. The molecule has 0 atom stereocenters. The largest absolute Gasteiger partial charge is 0.462 e. The minimum absolute atomic E-state index is 0.276. The highest BCUT2D eigenvalue weighted by Crippen LogP contribution is 2.39. The third kappa shape index (κ3) is 4.90. The fourth-order valence-corrected chi connectivity index (χ4v) is 5.54. The molecule has 0 aliphatic carbocycles. The Labute approximate surface area is 202 Å². The molecule has 4 heterocycles. The van der Waals surface area contributed by atoms with Crippen LogP contribution in [0.2, 0.25) is 0 Å². The first-order valence-electron chi connectivity index (χ1n) is 10.4. The van der Waals surface area contributed by atoms with Gasteiger partial charge in [-0.2, -0.15) is 5.21 Å². The second-order valence-corrected chi connectivity index (χ2v) is 9.46. The van der Waals surface area contributed by atoms with Crippen molar-refractivity contribution in [2.75, 3.05) is 25.9 Å². The molecule has 0 unspecified atom stereocenters. The van der Waals surface area contributed by atoms with E-state index in [4.69, 9.17) is 10.8 Å². The zero-order chi connectivity index (χ0) is 25.6. The molecule has 3 aromatic heterocycles. The Balaban J connectivity index is 0.000000638. The van der Waals surface area contributed by atoms with Gasteiger partial charge in [0.25, 0.3) is 0 Å². The van der Waals surface area contributed by atoms with Gasteiger partial charge in [0.1, 0.15) is 11.9 Å². The van der Waals surface area contributed by atoms with Gasteiger partial charge in [-0.1, -0.05) is 12.5 Å². The first-order chi connectivity index (χ1) is 16.9. The number of anilines is 1. The Morgan fingerprint density at radius 2 is 1.86 bits per heavy atom. The number of aliphatic hydroxyl groups excluding tert-OH is 1. The highest BCUT2D eigenvalue weighted by molar-refractivity contribution is 7.92. The predicted octanol–water partition coefficient (Wildman–Crippen LogP) is 0.638. The minimum atomic E-state index is -3.48. The molecular formula is C22H25N9O3S. The molecule has 0 radical (unpaired) electrons. The van der Waals surface area contributed by atoms with Gasteiger partial charge < -0.3 is 21.9 Å². The molecule has 0 bridgehead atoms. The van der Waals surface area contributed by atoms with Gasteiger partial charge in [0.05, 0.1) is 10.1 Å². The van der Waals surface area contributed by atoms with Crippen LogP contribution >= 0.6 is 0 Å². The fourth-order valence-electron chi connectivity index (χ4n) is 3.72. The number of nitrogens with zero attached hydrogens (tertiary/aromatic N) is 5. The average molecular weight is 496 g/mol. The summed E-state index contributed by atoms with van der Waals surface area (Å²) < 4.78 is 26.2. The summed E-state index contributed by atoms with van der Waals surface area (Å²) in [4.78, 5) is 8.86. The van der Waals surface area contributed by atoms with Crippen molar-refractivity contribution in [3.05, 3.63) is 42.1 Å². The van der Waals surface area contributed by atoms with E-state index in [1.54, 1.807) is 31.3 Å². The van der Waals surface area contributed by atoms with Crippen LogP contribution in [-0.4, -0.2) is 69.5 Å². The monoisotopic (exact) mass is 495 g/mol. The van der Waals surface area contributed by atoms with Crippen LogP contribution < -0.4 is 16.8 Å². The summed E-state index contributed by atoms with van der Waals surface area (Å²) in [6, 6.07) is 8.83. The summed E-state index contributed by atoms with van der Waals surface area (Å²) in [7, 11) is -1.98. The molecule has 1 saturated heterocycles. The lowest BCUT2D eigenvalue weighted by Gasteiger charge is -2.28. The number of benzene rings is 1. The number of hydrogen-bond acceptors (Lipinski definition) is 11. The number of nitrogens with two attached hydrogens (primary N) is 2. The van der Waals surface area contributed by atoms with Gasteiger partial charge in [-0.3, -0.25) is 0 Å². The van der Waals surface area contributed by atoms with Gasteiger partial charge in [-0.05, 0) is 60.1 Å². The Morgan fingerprint density at radius 1 is 1.14 bits per heavy atom. The average Bonchev–Trinajstić information content (AvgIpc) is 3.33. The standard InChI is InChI=1S/C19H18N8O2S.C2H2O.CH5N/c1-10-15(30(28,29)11-8-21-9-11)4-2-13(17(10)19-24-26-27-25-19)12-6-7-22-18-14(12)3-5-16(20)23-18;1-2-3;1-2/h2-7,11,21H,8-9H2,1H3,(H2,20,22,23)(H,24,25,26,27);1,3H;2H2,1H3. The van der Waals surface area contributed by atoms with Crippen LogP contribution in [0.1, 0.15) is 5.56 Å². The van der Waals surface area contributed by atoms with Crippen LogP contribution in [-0.2, 0) is 9.84 Å². The minimum Gasteiger partial charge on any atom is -0.462 e. The lowest BCUT2D eigenvalue weighted by atomic mass is 9.94. The molecule has 0 spiro atoms. The predicted molar refractivity (Wildman–Crippen MR) is 132 cm³/mol. The number of aromatic amines is 1. The highest BCUT2D eigenvalue weighted by atomic mass is 32.2.